The van der Waals surface area contributed by atoms with Gasteiger partial charge in [0.1, 0.15) is 5.58 Å². The fourth-order valence-corrected chi connectivity index (χ4v) is 3.94. The van der Waals surface area contributed by atoms with E-state index >= 15 is 0 Å². The van der Waals surface area contributed by atoms with E-state index in [4.69, 9.17) is 4.42 Å². The first-order valence-corrected chi connectivity index (χ1v) is 8.39. The highest BCUT2D eigenvalue weighted by Gasteiger charge is 2.29. The number of aromatic nitrogens is 2. The molecule has 118 valence electrons. The van der Waals surface area contributed by atoms with Gasteiger partial charge in [-0.1, -0.05) is 37.3 Å². The van der Waals surface area contributed by atoms with E-state index in [2.05, 4.69) is 58.9 Å². The summed E-state index contributed by atoms with van der Waals surface area (Å²) in [5, 5.41) is 1.18. The zero-order valence-electron chi connectivity index (χ0n) is 13.5. The van der Waals surface area contributed by atoms with Crippen LogP contribution in [0.15, 0.2) is 71.7 Å². The van der Waals surface area contributed by atoms with Crippen molar-refractivity contribution in [2.75, 3.05) is 0 Å². The van der Waals surface area contributed by atoms with Crippen molar-refractivity contribution < 1.29 is 4.42 Å². The Labute approximate surface area is 140 Å². The molecule has 0 radical (unpaired) electrons. The van der Waals surface area contributed by atoms with Crippen LogP contribution in [0.3, 0.4) is 0 Å². The Morgan fingerprint density at radius 3 is 3.04 bits per heavy atom. The topological polar surface area (TPSA) is 31.0 Å². The van der Waals surface area contributed by atoms with Gasteiger partial charge in [-0.25, -0.2) is 4.98 Å². The Hall–Kier alpha value is -2.81. The Bertz CT molecular complexity index is 1030. The average Bonchev–Trinajstić information content (AvgIpc) is 3.31. The standard InChI is InChI=1S/C21H18N2O/c1-14(15-6-7-21-16(11-15)8-9-24-21)10-19-17-4-2-3-5-18(17)20-12-22-13-23(19)20/h2-9,11-14,19H,10H2,1H3/t14-,19-/m0/s1. The second kappa shape index (κ2) is 5.10. The second-order valence-corrected chi connectivity index (χ2v) is 6.64. The lowest BCUT2D eigenvalue weighted by Crippen LogP contribution is -2.09. The summed E-state index contributed by atoms with van der Waals surface area (Å²) in [6, 6.07) is 17.6. The van der Waals surface area contributed by atoms with E-state index < -0.39 is 0 Å². The van der Waals surface area contributed by atoms with Crippen molar-refractivity contribution in [3.63, 3.8) is 0 Å². The van der Waals surface area contributed by atoms with Crippen molar-refractivity contribution in [1.29, 1.82) is 0 Å². The van der Waals surface area contributed by atoms with Crippen molar-refractivity contribution in [1.82, 2.24) is 9.55 Å². The maximum absolute atomic E-state index is 5.46. The highest BCUT2D eigenvalue weighted by Crippen LogP contribution is 2.43. The van der Waals surface area contributed by atoms with Crippen LogP contribution in [0.1, 0.15) is 36.4 Å². The lowest BCUT2D eigenvalue weighted by molar-refractivity contribution is 0.512. The van der Waals surface area contributed by atoms with E-state index in [1.165, 1.54) is 27.8 Å². The fraction of sp³-hybridized carbons (Fsp3) is 0.190. The van der Waals surface area contributed by atoms with Crippen molar-refractivity contribution in [3.05, 3.63) is 78.4 Å². The summed E-state index contributed by atoms with van der Waals surface area (Å²) < 4.78 is 7.77. The molecule has 0 saturated heterocycles. The van der Waals surface area contributed by atoms with Gasteiger partial charge in [0.05, 0.1) is 30.5 Å². The molecule has 3 nitrogen and oxygen atoms in total. The molecule has 0 bridgehead atoms. The largest absolute Gasteiger partial charge is 0.464 e. The molecule has 1 aliphatic heterocycles. The van der Waals surface area contributed by atoms with Crippen molar-refractivity contribution >= 4 is 11.0 Å². The molecular weight excluding hydrogens is 296 g/mol. The maximum atomic E-state index is 5.46. The smallest absolute Gasteiger partial charge is 0.133 e. The van der Waals surface area contributed by atoms with Crippen LogP contribution in [0.25, 0.3) is 22.2 Å². The van der Waals surface area contributed by atoms with Crippen LogP contribution < -0.4 is 0 Å². The zero-order chi connectivity index (χ0) is 16.1. The van der Waals surface area contributed by atoms with E-state index in [9.17, 15) is 0 Å². The van der Waals surface area contributed by atoms with Gasteiger partial charge in [-0.2, -0.15) is 0 Å². The summed E-state index contributed by atoms with van der Waals surface area (Å²) >= 11 is 0. The van der Waals surface area contributed by atoms with Gasteiger partial charge >= 0.3 is 0 Å². The molecule has 0 unspecified atom stereocenters. The Morgan fingerprint density at radius 2 is 2.08 bits per heavy atom. The quantitative estimate of drug-likeness (QED) is 0.507. The first-order valence-electron chi connectivity index (χ1n) is 8.39. The third-order valence-corrected chi connectivity index (χ3v) is 5.22. The summed E-state index contributed by atoms with van der Waals surface area (Å²) in [6.07, 6.45) is 6.75. The maximum Gasteiger partial charge on any atom is 0.133 e. The molecule has 0 amide bonds. The molecule has 0 spiro atoms. The lowest BCUT2D eigenvalue weighted by atomic mass is 9.90. The lowest BCUT2D eigenvalue weighted by Gasteiger charge is -2.20. The monoisotopic (exact) mass is 314 g/mol. The number of fused-ring (bicyclic) bond motifs is 4. The van der Waals surface area contributed by atoms with Gasteiger partial charge < -0.3 is 8.98 Å². The number of imidazole rings is 1. The molecule has 2 atom stereocenters. The van der Waals surface area contributed by atoms with E-state index in [-0.39, 0.29) is 0 Å². The molecule has 1 aliphatic rings. The molecule has 4 aromatic rings. The Balaban J connectivity index is 1.51. The number of hydrogen-bond donors (Lipinski definition) is 0. The molecule has 0 fully saturated rings. The van der Waals surface area contributed by atoms with Gasteiger partial charge in [-0.15, -0.1) is 0 Å². The summed E-state index contributed by atoms with van der Waals surface area (Å²) in [5.41, 5.74) is 6.26. The van der Waals surface area contributed by atoms with Gasteiger partial charge in [-0.3, -0.25) is 0 Å². The third kappa shape index (κ3) is 1.94. The first-order chi connectivity index (χ1) is 11.8. The molecule has 0 saturated carbocycles. The van der Waals surface area contributed by atoms with Crippen molar-refractivity contribution in [3.8, 4) is 11.3 Å². The van der Waals surface area contributed by atoms with Gasteiger partial charge in [-0.05, 0) is 41.7 Å². The molecule has 2 aromatic heterocycles. The van der Waals surface area contributed by atoms with Gasteiger partial charge in [0.2, 0.25) is 0 Å². The van der Waals surface area contributed by atoms with Gasteiger partial charge in [0.15, 0.2) is 0 Å². The predicted molar refractivity (Wildman–Crippen MR) is 95.0 cm³/mol. The van der Waals surface area contributed by atoms with Crippen molar-refractivity contribution in [2.24, 2.45) is 0 Å². The molecule has 24 heavy (non-hydrogen) atoms. The summed E-state index contributed by atoms with van der Waals surface area (Å²) in [7, 11) is 0. The van der Waals surface area contributed by atoms with E-state index in [1.54, 1.807) is 6.26 Å². The normalized spacial score (nSPS) is 17.0. The van der Waals surface area contributed by atoms with Crippen LogP contribution in [0, 0.1) is 0 Å². The van der Waals surface area contributed by atoms with Crippen LogP contribution in [0.5, 0.6) is 0 Å². The third-order valence-electron chi connectivity index (χ3n) is 5.22. The minimum atomic E-state index is 0.355. The van der Waals surface area contributed by atoms with Crippen LogP contribution in [0.4, 0.5) is 0 Å². The number of furan rings is 1. The SMILES string of the molecule is C[C@@H](C[C@H]1c2ccccc2-c2cncn21)c1ccc2occc2c1. The molecular formula is C21H18N2O. The summed E-state index contributed by atoms with van der Waals surface area (Å²) in [6.45, 7) is 2.30. The average molecular weight is 314 g/mol. The minimum absolute atomic E-state index is 0.355. The van der Waals surface area contributed by atoms with Gasteiger partial charge in [0, 0.05) is 10.9 Å². The molecule has 2 aromatic carbocycles. The van der Waals surface area contributed by atoms with Crippen LogP contribution in [-0.2, 0) is 0 Å². The highest BCUT2D eigenvalue weighted by atomic mass is 16.3. The van der Waals surface area contributed by atoms with E-state index in [0.29, 0.717) is 12.0 Å². The summed E-state index contributed by atoms with van der Waals surface area (Å²) in [5.74, 6) is 0.454. The Kier molecular flexibility index (Phi) is 2.89. The molecule has 3 heterocycles. The van der Waals surface area contributed by atoms with Crippen molar-refractivity contribution in [2.45, 2.75) is 25.3 Å². The summed E-state index contributed by atoms with van der Waals surface area (Å²) in [4.78, 5) is 4.36. The van der Waals surface area contributed by atoms with Gasteiger partial charge in [0.25, 0.3) is 0 Å². The number of benzene rings is 2. The number of hydrogen-bond acceptors (Lipinski definition) is 2. The van der Waals surface area contributed by atoms with Crippen LogP contribution in [-0.4, -0.2) is 9.55 Å². The number of rotatable bonds is 3. The molecule has 0 aliphatic carbocycles. The molecule has 3 heteroatoms. The van der Waals surface area contributed by atoms with Crippen LogP contribution in [0.2, 0.25) is 0 Å². The van der Waals surface area contributed by atoms with Crippen LogP contribution >= 0.6 is 0 Å². The highest BCUT2D eigenvalue weighted by molar-refractivity contribution is 5.78. The Morgan fingerprint density at radius 1 is 1.17 bits per heavy atom. The number of nitrogens with zero attached hydrogens (tertiary/aromatic N) is 2. The predicted octanol–water partition coefficient (Wildman–Crippen LogP) is 5.39. The first kappa shape index (κ1) is 13.6. The molecule has 5 rings (SSSR count). The molecule has 0 N–H and O–H groups in total. The van der Waals surface area contributed by atoms with E-state index in [0.717, 1.165) is 12.0 Å². The zero-order valence-corrected chi connectivity index (χ0v) is 13.5. The fourth-order valence-electron chi connectivity index (χ4n) is 3.94. The van der Waals surface area contributed by atoms with E-state index in [1.807, 2.05) is 18.6 Å². The minimum Gasteiger partial charge on any atom is -0.464 e. The second-order valence-electron chi connectivity index (χ2n) is 6.64.